The van der Waals surface area contributed by atoms with Gasteiger partial charge in [0.15, 0.2) is 0 Å². The van der Waals surface area contributed by atoms with Crippen LogP contribution in [-0.4, -0.2) is 16.4 Å². The van der Waals surface area contributed by atoms with E-state index < -0.39 is 6.16 Å². The topological polar surface area (TPSA) is 57.5 Å². The average molecular weight is 235 g/mol. The van der Waals surface area contributed by atoms with Gasteiger partial charge in [-0.1, -0.05) is 0 Å². The molecule has 0 atom stereocenters. The Hall–Kier alpha value is 0.789. The first kappa shape index (κ1) is 25.0. The summed E-state index contributed by atoms with van der Waals surface area (Å²) in [7, 11) is 0. The van der Waals surface area contributed by atoms with Gasteiger partial charge in [-0.25, -0.2) is 4.79 Å². The molecule has 7 heavy (non-hydrogen) atoms. The summed E-state index contributed by atoms with van der Waals surface area (Å²) in [6.45, 7) is 0. The molecular formula is CH2CoFeNiO3. The summed E-state index contributed by atoms with van der Waals surface area (Å²) >= 11 is 0. The SMILES string of the molecule is O=C(O)O.[Co].[Fe].[Ni]. The standard InChI is InChI=1S/CH2O3.Co.Fe.Ni/c2-1(3)4;;;/h(H2,2,3,4);;;. The number of hydrogen-bond acceptors (Lipinski definition) is 1. The Morgan fingerprint density at radius 3 is 1.29 bits per heavy atom. The van der Waals surface area contributed by atoms with E-state index in [1.54, 1.807) is 0 Å². The number of carboxylic acid groups (broad SMARTS) is 2. The largest absolute Gasteiger partial charge is 0.503 e. The molecule has 1 radical (unpaired) electrons. The Labute approximate surface area is 71.5 Å². The van der Waals surface area contributed by atoms with Crippen LogP contribution in [0, 0.1) is 0 Å². The van der Waals surface area contributed by atoms with Crippen molar-refractivity contribution in [3.63, 3.8) is 0 Å². The van der Waals surface area contributed by atoms with Gasteiger partial charge in [0.25, 0.3) is 0 Å². The van der Waals surface area contributed by atoms with Gasteiger partial charge in [0.1, 0.15) is 0 Å². The molecule has 0 saturated heterocycles. The first-order chi connectivity index (χ1) is 1.73. The Balaban J connectivity index is -0.0000000150. The average Bonchev–Trinajstić information content (AvgIpc) is 0.811. The molecule has 0 bridgehead atoms. The van der Waals surface area contributed by atoms with E-state index in [2.05, 4.69) is 0 Å². The molecule has 0 aromatic heterocycles. The third-order valence-electron chi connectivity index (χ3n) is 0. The summed E-state index contributed by atoms with van der Waals surface area (Å²) < 4.78 is 0. The summed E-state index contributed by atoms with van der Waals surface area (Å²) in [6, 6.07) is 0. The number of hydrogen-bond donors (Lipinski definition) is 2. The fourth-order valence-corrected chi connectivity index (χ4v) is 0. The second kappa shape index (κ2) is 15.8. The van der Waals surface area contributed by atoms with E-state index in [9.17, 15) is 0 Å². The Kier molecular flexibility index (Phi) is 56.6. The van der Waals surface area contributed by atoms with Crippen LogP contribution in [0.15, 0.2) is 0 Å². The van der Waals surface area contributed by atoms with Gasteiger partial charge in [-0.2, -0.15) is 0 Å². The molecule has 2 N–H and O–H groups in total. The third-order valence-corrected chi connectivity index (χ3v) is 0. The van der Waals surface area contributed by atoms with Crippen molar-refractivity contribution in [2.24, 2.45) is 0 Å². The summed E-state index contributed by atoms with van der Waals surface area (Å²) in [5.74, 6) is 0. The van der Waals surface area contributed by atoms with Gasteiger partial charge in [0.2, 0.25) is 0 Å². The predicted octanol–water partition coefficient (Wildman–Crippen LogP) is 0.215. The fraction of sp³-hybridized carbons (Fsp3) is 0. The van der Waals surface area contributed by atoms with Gasteiger partial charge in [0.05, 0.1) is 0 Å². The first-order valence-electron chi connectivity index (χ1n) is 0.651. The van der Waals surface area contributed by atoms with Crippen LogP contribution in [0.25, 0.3) is 0 Å². The fourth-order valence-electron chi connectivity index (χ4n) is 0. The van der Waals surface area contributed by atoms with Crippen LogP contribution in [0.2, 0.25) is 0 Å². The minimum absolute atomic E-state index is 0. The van der Waals surface area contributed by atoms with E-state index in [0.29, 0.717) is 0 Å². The zero-order chi connectivity index (χ0) is 3.58. The molecule has 0 spiro atoms. The minimum atomic E-state index is -1.83. The molecule has 0 unspecified atom stereocenters. The van der Waals surface area contributed by atoms with Crippen molar-refractivity contribution in [2.75, 3.05) is 0 Å². The molecule has 0 aromatic rings. The van der Waals surface area contributed by atoms with E-state index in [4.69, 9.17) is 15.0 Å². The Bertz CT molecular complexity index is 37.9. The van der Waals surface area contributed by atoms with E-state index in [1.165, 1.54) is 0 Å². The van der Waals surface area contributed by atoms with Crippen LogP contribution < -0.4 is 0 Å². The molecule has 3 nitrogen and oxygen atoms in total. The summed E-state index contributed by atoms with van der Waals surface area (Å²) in [4.78, 5) is 8.56. The first-order valence-corrected chi connectivity index (χ1v) is 0.651. The van der Waals surface area contributed by atoms with E-state index in [-0.39, 0.29) is 50.3 Å². The van der Waals surface area contributed by atoms with Crippen LogP contribution >= 0.6 is 0 Å². The Morgan fingerprint density at radius 1 is 1.29 bits per heavy atom. The van der Waals surface area contributed by atoms with Crippen LogP contribution in [0.4, 0.5) is 4.79 Å². The summed E-state index contributed by atoms with van der Waals surface area (Å²) in [5, 5.41) is 13.9. The molecule has 51 valence electrons. The summed E-state index contributed by atoms with van der Waals surface area (Å²) in [5.41, 5.74) is 0. The third kappa shape index (κ3) is 250. The predicted molar refractivity (Wildman–Crippen MR) is 10.7 cm³/mol. The van der Waals surface area contributed by atoms with E-state index in [0.717, 1.165) is 0 Å². The maximum Gasteiger partial charge on any atom is 0.503 e. The molecule has 0 aliphatic carbocycles. The molecule has 0 saturated carbocycles. The maximum atomic E-state index is 8.56. The molecule has 0 rings (SSSR count). The molecule has 0 aliphatic heterocycles. The van der Waals surface area contributed by atoms with Crippen molar-refractivity contribution in [1.29, 1.82) is 0 Å². The van der Waals surface area contributed by atoms with Gasteiger partial charge < -0.3 is 10.2 Å². The van der Waals surface area contributed by atoms with Crippen molar-refractivity contribution in [3.05, 3.63) is 0 Å². The van der Waals surface area contributed by atoms with E-state index >= 15 is 0 Å². The molecule has 0 heterocycles. The minimum Gasteiger partial charge on any atom is -0.450 e. The number of rotatable bonds is 0. The zero-order valence-electron chi connectivity index (χ0n) is 2.81. The van der Waals surface area contributed by atoms with Crippen molar-refractivity contribution in [2.45, 2.75) is 0 Å². The smallest absolute Gasteiger partial charge is 0.450 e. The zero-order valence-corrected chi connectivity index (χ0v) is 5.94. The van der Waals surface area contributed by atoms with Gasteiger partial charge in [-0.3, -0.25) is 0 Å². The molecule has 6 heteroatoms. The quantitative estimate of drug-likeness (QED) is 0.591. The van der Waals surface area contributed by atoms with E-state index in [1.807, 2.05) is 0 Å². The van der Waals surface area contributed by atoms with Gasteiger partial charge in [-0.05, 0) is 0 Å². The van der Waals surface area contributed by atoms with Crippen molar-refractivity contribution in [3.8, 4) is 0 Å². The number of carbonyl (C=O) groups is 1. The van der Waals surface area contributed by atoms with Crippen LogP contribution in [0.3, 0.4) is 0 Å². The Morgan fingerprint density at radius 2 is 1.29 bits per heavy atom. The van der Waals surface area contributed by atoms with Gasteiger partial charge in [0, 0.05) is 50.3 Å². The van der Waals surface area contributed by atoms with Crippen molar-refractivity contribution in [1.82, 2.24) is 0 Å². The maximum absolute atomic E-state index is 8.56. The van der Waals surface area contributed by atoms with Crippen molar-refractivity contribution < 1.29 is 65.3 Å². The molecule has 0 aromatic carbocycles. The molecule has 0 aliphatic rings. The normalized spacial score (nSPS) is 3.43. The van der Waals surface area contributed by atoms with Crippen LogP contribution in [-0.2, 0) is 50.3 Å². The second-order valence-electron chi connectivity index (χ2n) is 0.283. The molecular weight excluding hydrogens is 233 g/mol. The monoisotopic (exact) mass is 235 g/mol. The second-order valence-corrected chi connectivity index (χ2v) is 0.283. The molecule has 0 fully saturated rings. The molecule has 0 amide bonds. The van der Waals surface area contributed by atoms with Crippen LogP contribution in [0.1, 0.15) is 0 Å². The van der Waals surface area contributed by atoms with Crippen molar-refractivity contribution >= 4 is 6.16 Å². The van der Waals surface area contributed by atoms with Crippen LogP contribution in [0.5, 0.6) is 0 Å². The summed E-state index contributed by atoms with van der Waals surface area (Å²) in [6.07, 6.45) is -1.83. The van der Waals surface area contributed by atoms with Gasteiger partial charge in [-0.15, -0.1) is 0 Å². The van der Waals surface area contributed by atoms with Gasteiger partial charge >= 0.3 is 6.16 Å².